The molecule has 4 heteroatoms. The molecule has 0 spiro atoms. The first kappa shape index (κ1) is 23.4. The van der Waals surface area contributed by atoms with Crippen molar-refractivity contribution in [3.63, 3.8) is 0 Å². The maximum Gasteiger partial charge on any atom is 0.246 e. The number of fused-ring (bicyclic) bond motifs is 8. The molecule has 6 aromatic carbocycles. The molecule has 0 atom stereocenters. The van der Waals surface area contributed by atoms with Gasteiger partial charge in [-0.3, -0.25) is 0 Å². The molecule has 0 saturated heterocycles. The van der Waals surface area contributed by atoms with Gasteiger partial charge in [0.15, 0.2) is 0 Å². The minimum absolute atomic E-state index is 0.558. The second-order valence-corrected chi connectivity index (χ2v) is 11.7. The molecule has 0 aliphatic carbocycles. The summed E-state index contributed by atoms with van der Waals surface area (Å²) in [5.74, 6) is 0. The molecule has 0 N–H and O–H groups in total. The van der Waals surface area contributed by atoms with E-state index in [-0.39, 0.29) is 0 Å². The van der Waals surface area contributed by atoms with Crippen molar-refractivity contribution in [1.82, 2.24) is 9.97 Å². The molecule has 42 heavy (non-hydrogen) atoms. The molecule has 3 nitrogen and oxygen atoms in total. The summed E-state index contributed by atoms with van der Waals surface area (Å²) < 4.78 is 8.83. The molecule has 9 rings (SSSR count). The predicted molar refractivity (Wildman–Crippen MR) is 176 cm³/mol. The van der Waals surface area contributed by atoms with Crippen LogP contribution in [0.2, 0.25) is 0 Å². The van der Waals surface area contributed by atoms with E-state index in [0.717, 1.165) is 49.6 Å². The third kappa shape index (κ3) is 3.59. The van der Waals surface area contributed by atoms with Crippen LogP contribution in [0, 0.1) is 0 Å². The third-order valence-corrected chi connectivity index (χ3v) is 9.36. The number of thiophene rings is 1. The fourth-order valence-electron chi connectivity index (χ4n) is 6.14. The minimum atomic E-state index is 0.558. The topological polar surface area (TPSA) is 38.9 Å². The Morgan fingerprint density at radius 3 is 2.19 bits per heavy atom. The zero-order valence-electron chi connectivity index (χ0n) is 22.4. The maximum atomic E-state index is 6.19. The lowest BCUT2D eigenvalue weighted by atomic mass is 9.96. The summed E-state index contributed by atoms with van der Waals surface area (Å²) in [6.45, 7) is 0. The number of nitrogens with zero attached hydrogens (tertiary/aromatic N) is 2. The third-order valence-electron chi connectivity index (χ3n) is 8.14. The Morgan fingerprint density at radius 1 is 0.571 bits per heavy atom. The Hall–Kier alpha value is -5.32. The monoisotopic (exact) mass is 554 g/mol. The van der Waals surface area contributed by atoms with Gasteiger partial charge in [-0.2, -0.15) is 0 Å². The zero-order valence-corrected chi connectivity index (χ0v) is 23.2. The van der Waals surface area contributed by atoms with E-state index < -0.39 is 0 Å². The molecule has 0 aliphatic rings. The summed E-state index contributed by atoms with van der Waals surface area (Å²) in [6, 6.07) is 45.0. The van der Waals surface area contributed by atoms with Crippen molar-refractivity contribution in [2.75, 3.05) is 0 Å². The fourth-order valence-corrected chi connectivity index (χ4v) is 7.38. The average molecular weight is 555 g/mol. The summed E-state index contributed by atoms with van der Waals surface area (Å²) in [6.07, 6.45) is 1.86. The van der Waals surface area contributed by atoms with E-state index in [1.807, 2.05) is 35.7 Å². The van der Waals surface area contributed by atoms with E-state index in [4.69, 9.17) is 14.4 Å². The SMILES string of the molecule is c1cc(-c2cccc(-c3cccc4c3sc3ccccc34)c2)cc(-c2cnc3c(n2)oc2ccc4ccccc4c23)c1. The highest BCUT2D eigenvalue weighted by molar-refractivity contribution is 7.26. The molecule has 9 aromatic rings. The molecule has 0 fully saturated rings. The Labute approximate surface area is 245 Å². The van der Waals surface area contributed by atoms with Crippen LogP contribution in [-0.4, -0.2) is 9.97 Å². The molecular formula is C38H22N2OS. The van der Waals surface area contributed by atoms with Crippen molar-refractivity contribution in [1.29, 1.82) is 0 Å². The van der Waals surface area contributed by atoms with E-state index in [0.29, 0.717) is 5.71 Å². The van der Waals surface area contributed by atoms with Crippen molar-refractivity contribution in [2.24, 2.45) is 0 Å². The normalized spacial score (nSPS) is 11.8. The van der Waals surface area contributed by atoms with Crippen molar-refractivity contribution in [3.8, 4) is 33.5 Å². The lowest BCUT2D eigenvalue weighted by Crippen LogP contribution is -1.88. The molecule has 0 bridgehead atoms. The predicted octanol–water partition coefficient (Wildman–Crippen LogP) is 10.9. The van der Waals surface area contributed by atoms with Crippen LogP contribution >= 0.6 is 11.3 Å². The molecule has 3 heterocycles. The molecule has 0 aliphatic heterocycles. The van der Waals surface area contributed by atoms with Gasteiger partial charge in [0.1, 0.15) is 11.1 Å². The van der Waals surface area contributed by atoms with Gasteiger partial charge < -0.3 is 4.42 Å². The van der Waals surface area contributed by atoms with Crippen LogP contribution in [-0.2, 0) is 0 Å². The first-order valence-electron chi connectivity index (χ1n) is 14.0. The van der Waals surface area contributed by atoms with Gasteiger partial charge in [0.2, 0.25) is 5.71 Å². The Kier molecular flexibility index (Phi) is 5.07. The van der Waals surface area contributed by atoms with Crippen LogP contribution in [0.5, 0.6) is 0 Å². The Morgan fingerprint density at radius 2 is 1.29 bits per heavy atom. The molecule has 3 aromatic heterocycles. The molecule has 0 radical (unpaired) electrons. The zero-order chi connectivity index (χ0) is 27.6. The van der Waals surface area contributed by atoms with Gasteiger partial charge in [0.05, 0.1) is 17.3 Å². The number of hydrogen-bond acceptors (Lipinski definition) is 4. The average Bonchev–Trinajstić information content (AvgIpc) is 3.63. The summed E-state index contributed by atoms with van der Waals surface area (Å²) in [4.78, 5) is 9.76. The van der Waals surface area contributed by atoms with Gasteiger partial charge >= 0.3 is 0 Å². The van der Waals surface area contributed by atoms with E-state index in [2.05, 4.69) is 109 Å². The second-order valence-electron chi connectivity index (χ2n) is 10.6. The van der Waals surface area contributed by atoms with Crippen LogP contribution in [0.3, 0.4) is 0 Å². The number of hydrogen-bond donors (Lipinski definition) is 0. The van der Waals surface area contributed by atoms with Crippen LogP contribution < -0.4 is 0 Å². The maximum absolute atomic E-state index is 6.19. The van der Waals surface area contributed by atoms with Gasteiger partial charge in [-0.05, 0) is 57.3 Å². The highest BCUT2D eigenvalue weighted by Gasteiger charge is 2.15. The summed E-state index contributed by atoms with van der Waals surface area (Å²) in [5, 5.41) is 5.94. The second kappa shape index (κ2) is 9.10. The summed E-state index contributed by atoms with van der Waals surface area (Å²) in [5.41, 5.74) is 8.73. The van der Waals surface area contributed by atoms with E-state index in [9.17, 15) is 0 Å². The summed E-state index contributed by atoms with van der Waals surface area (Å²) >= 11 is 1.86. The smallest absolute Gasteiger partial charge is 0.246 e. The van der Waals surface area contributed by atoms with Crippen molar-refractivity contribution in [3.05, 3.63) is 134 Å². The molecular weight excluding hydrogens is 532 g/mol. The lowest BCUT2D eigenvalue weighted by Gasteiger charge is -2.09. The van der Waals surface area contributed by atoms with Gasteiger partial charge in [-0.15, -0.1) is 11.3 Å². The van der Waals surface area contributed by atoms with E-state index in [1.54, 1.807) is 0 Å². The van der Waals surface area contributed by atoms with Crippen LogP contribution in [0.1, 0.15) is 0 Å². The standard InChI is InChI=1S/C38H22N2OS/c1-2-13-28-23(8-1)18-19-33-35(28)36-38(41-33)40-32(22-39-36)27-12-6-10-25(21-27)24-9-5-11-26(20-24)29-15-7-16-31-30-14-3-4-17-34(30)42-37(29)31/h1-22H. The van der Waals surface area contributed by atoms with Gasteiger partial charge in [0.25, 0.3) is 0 Å². The van der Waals surface area contributed by atoms with Crippen LogP contribution in [0.4, 0.5) is 0 Å². The largest absolute Gasteiger partial charge is 0.436 e. The highest BCUT2D eigenvalue weighted by atomic mass is 32.1. The quantitative estimate of drug-likeness (QED) is 0.218. The van der Waals surface area contributed by atoms with Crippen molar-refractivity contribution < 1.29 is 4.42 Å². The lowest BCUT2D eigenvalue weighted by molar-refractivity contribution is 0.654. The minimum Gasteiger partial charge on any atom is -0.436 e. The molecule has 0 unspecified atom stereocenters. The number of furan rings is 1. The number of rotatable bonds is 3. The number of aromatic nitrogens is 2. The molecule has 0 saturated carbocycles. The van der Waals surface area contributed by atoms with Crippen molar-refractivity contribution in [2.45, 2.75) is 0 Å². The van der Waals surface area contributed by atoms with Gasteiger partial charge in [-0.1, -0.05) is 103 Å². The fraction of sp³-hybridized carbons (Fsp3) is 0. The van der Waals surface area contributed by atoms with Crippen LogP contribution in [0.25, 0.3) is 86.7 Å². The van der Waals surface area contributed by atoms with Gasteiger partial charge in [-0.25, -0.2) is 9.97 Å². The van der Waals surface area contributed by atoms with E-state index >= 15 is 0 Å². The highest BCUT2D eigenvalue weighted by Crippen LogP contribution is 2.41. The molecule has 0 amide bonds. The summed E-state index contributed by atoms with van der Waals surface area (Å²) in [7, 11) is 0. The van der Waals surface area contributed by atoms with Crippen LogP contribution in [0.15, 0.2) is 138 Å². The Balaban J connectivity index is 1.13. The van der Waals surface area contributed by atoms with E-state index in [1.165, 1.54) is 31.3 Å². The van der Waals surface area contributed by atoms with Crippen molar-refractivity contribution >= 4 is 64.5 Å². The Bertz CT molecular complexity index is 2490. The molecule has 196 valence electrons. The first-order valence-corrected chi connectivity index (χ1v) is 14.8. The van der Waals surface area contributed by atoms with Gasteiger partial charge in [0, 0.05) is 25.7 Å². The number of benzene rings is 6. The first-order chi connectivity index (χ1) is 20.8.